The van der Waals surface area contributed by atoms with Gasteiger partial charge in [0.2, 0.25) is 5.91 Å². The fraction of sp³-hybridized carbons (Fsp3) is 0.455. The minimum absolute atomic E-state index is 0.140. The molecule has 0 unspecified atom stereocenters. The molecule has 6 heteroatoms. The number of nitrogens with two attached hydrogens (primary N) is 1. The lowest BCUT2D eigenvalue weighted by Gasteiger charge is -2.22. The van der Waals surface area contributed by atoms with E-state index in [1.807, 2.05) is 24.1 Å². The van der Waals surface area contributed by atoms with Crippen LogP contribution in [0.15, 0.2) is 18.3 Å². The molecule has 0 aromatic carbocycles. The van der Waals surface area contributed by atoms with Crippen LogP contribution in [0.2, 0.25) is 0 Å². The fourth-order valence-corrected chi connectivity index (χ4v) is 1.90. The van der Waals surface area contributed by atoms with Crippen LogP contribution < -0.4 is 16.2 Å². The summed E-state index contributed by atoms with van der Waals surface area (Å²) in [5.41, 5.74) is 3.48. The van der Waals surface area contributed by atoms with E-state index in [9.17, 15) is 4.79 Å². The molecule has 2 heterocycles. The van der Waals surface area contributed by atoms with E-state index >= 15 is 0 Å². The first-order chi connectivity index (χ1) is 8.20. The monoisotopic (exact) mass is 235 g/mol. The number of hydrogen-bond donors (Lipinski definition) is 2. The number of nitrogens with zero attached hydrogens (tertiary/aromatic N) is 3. The van der Waals surface area contributed by atoms with E-state index in [4.69, 9.17) is 5.84 Å². The van der Waals surface area contributed by atoms with Crippen LogP contribution in [0.5, 0.6) is 0 Å². The van der Waals surface area contributed by atoms with E-state index in [2.05, 4.69) is 10.4 Å². The largest absolute Gasteiger partial charge is 0.362 e. The van der Waals surface area contributed by atoms with Crippen LogP contribution in [0.3, 0.4) is 0 Å². The first kappa shape index (κ1) is 11.7. The molecular weight excluding hydrogens is 218 g/mol. The van der Waals surface area contributed by atoms with Crippen molar-refractivity contribution in [3.8, 4) is 0 Å². The van der Waals surface area contributed by atoms with E-state index in [-0.39, 0.29) is 5.91 Å². The van der Waals surface area contributed by atoms with Crippen molar-refractivity contribution < 1.29 is 4.79 Å². The van der Waals surface area contributed by atoms with Crippen LogP contribution in [0.1, 0.15) is 6.42 Å². The van der Waals surface area contributed by atoms with Gasteiger partial charge in [-0.05, 0) is 12.5 Å². The van der Waals surface area contributed by atoms with E-state index in [0.29, 0.717) is 12.4 Å². The number of rotatable bonds is 2. The SMILES string of the molecule is CN1CCCN(c2ccnc(NN)c2)CC1=O. The molecule has 2 rings (SSSR count). The van der Waals surface area contributed by atoms with E-state index in [1.54, 1.807) is 11.1 Å². The molecule has 6 nitrogen and oxygen atoms in total. The molecule has 1 aromatic heterocycles. The molecule has 92 valence electrons. The molecule has 0 spiro atoms. The number of aromatic nitrogens is 1. The Morgan fingerprint density at radius 2 is 2.29 bits per heavy atom. The minimum Gasteiger partial charge on any atom is -0.362 e. The van der Waals surface area contributed by atoms with Crippen LogP contribution in [-0.4, -0.2) is 42.5 Å². The molecule has 1 aliphatic heterocycles. The highest BCUT2D eigenvalue weighted by Gasteiger charge is 2.19. The first-order valence-electron chi connectivity index (χ1n) is 5.62. The van der Waals surface area contributed by atoms with Crippen LogP contribution in [-0.2, 0) is 4.79 Å². The van der Waals surface area contributed by atoms with Gasteiger partial charge in [-0.2, -0.15) is 0 Å². The minimum atomic E-state index is 0.140. The number of hydrogen-bond acceptors (Lipinski definition) is 5. The highest BCUT2D eigenvalue weighted by Crippen LogP contribution is 2.18. The predicted molar refractivity (Wildman–Crippen MR) is 66.5 cm³/mol. The molecule has 0 bridgehead atoms. The number of nitrogen functional groups attached to an aromatic ring is 1. The van der Waals surface area contributed by atoms with E-state index in [0.717, 1.165) is 25.2 Å². The molecule has 17 heavy (non-hydrogen) atoms. The summed E-state index contributed by atoms with van der Waals surface area (Å²) in [4.78, 5) is 19.6. The number of carbonyl (C=O) groups excluding carboxylic acids is 1. The van der Waals surface area contributed by atoms with Crippen molar-refractivity contribution in [1.82, 2.24) is 9.88 Å². The maximum Gasteiger partial charge on any atom is 0.241 e. The number of amides is 1. The molecule has 1 fully saturated rings. The maximum absolute atomic E-state index is 11.8. The van der Waals surface area contributed by atoms with Gasteiger partial charge in [0.25, 0.3) is 0 Å². The van der Waals surface area contributed by atoms with E-state index < -0.39 is 0 Å². The van der Waals surface area contributed by atoms with Crippen LogP contribution in [0, 0.1) is 0 Å². The van der Waals surface area contributed by atoms with Crippen molar-refractivity contribution in [3.63, 3.8) is 0 Å². The summed E-state index contributed by atoms with van der Waals surface area (Å²) in [6.45, 7) is 2.08. The Morgan fingerprint density at radius 1 is 1.47 bits per heavy atom. The molecule has 0 saturated carbocycles. The molecule has 1 aromatic rings. The van der Waals surface area contributed by atoms with Gasteiger partial charge in [0, 0.05) is 38.1 Å². The highest BCUT2D eigenvalue weighted by atomic mass is 16.2. The summed E-state index contributed by atoms with van der Waals surface area (Å²) in [7, 11) is 1.84. The van der Waals surface area contributed by atoms with Gasteiger partial charge in [-0.15, -0.1) is 0 Å². The van der Waals surface area contributed by atoms with Gasteiger partial charge in [-0.1, -0.05) is 0 Å². The van der Waals surface area contributed by atoms with Crippen molar-refractivity contribution in [2.24, 2.45) is 5.84 Å². The lowest BCUT2D eigenvalue weighted by atomic mass is 10.3. The Labute approximate surface area is 100 Å². The zero-order valence-corrected chi connectivity index (χ0v) is 9.89. The Hall–Kier alpha value is -1.82. The van der Waals surface area contributed by atoms with Crippen molar-refractivity contribution in [1.29, 1.82) is 0 Å². The van der Waals surface area contributed by atoms with Crippen molar-refractivity contribution >= 4 is 17.4 Å². The number of likely N-dealkylation sites (N-methyl/N-ethyl adjacent to an activating group) is 1. The molecule has 0 atom stereocenters. The summed E-state index contributed by atoms with van der Waals surface area (Å²) in [5.74, 6) is 6.07. The molecule has 1 aliphatic rings. The lowest BCUT2D eigenvalue weighted by molar-refractivity contribution is -0.127. The van der Waals surface area contributed by atoms with Gasteiger partial charge in [-0.3, -0.25) is 4.79 Å². The topological polar surface area (TPSA) is 74.5 Å². The van der Waals surface area contributed by atoms with Crippen LogP contribution in [0.25, 0.3) is 0 Å². The maximum atomic E-state index is 11.8. The Bertz CT molecular complexity index is 409. The zero-order valence-electron chi connectivity index (χ0n) is 9.89. The number of carbonyl (C=O) groups is 1. The smallest absolute Gasteiger partial charge is 0.241 e. The zero-order chi connectivity index (χ0) is 12.3. The highest BCUT2D eigenvalue weighted by molar-refractivity contribution is 5.81. The van der Waals surface area contributed by atoms with Gasteiger partial charge >= 0.3 is 0 Å². The number of anilines is 2. The summed E-state index contributed by atoms with van der Waals surface area (Å²) in [6, 6.07) is 3.73. The standard InChI is InChI=1S/C11H17N5O/c1-15-5-2-6-16(8-11(15)17)9-3-4-13-10(7-9)14-12/h3-4,7H,2,5-6,8,12H2,1H3,(H,13,14). The average molecular weight is 235 g/mol. The summed E-state index contributed by atoms with van der Waals surface area (Å²) >= 11 is 0. The van der Waals surface area contributed by atoms with Gasteiger partial charge in [-0.25, -0.2) is 10.8 Å². The molecule has 1 saturated heterocycles. The Kier molecular flexibility index (Phi) is 3.43. The van der Waals surface area contributed by atoms with Crippen LogP contribution in [0.4, 0.5) is 11.5 Å². The van der Waals surface area contributed by atoms with Crippen LogP contribution >= 0.6 is 0 Å². The predicted octanol–water partition coefficient (Wildman–Crippen LogP) is 0.0357. The molecule has 0 radical (unpaired) electrons. The fourth-order valence-electron chi connectivity index (χ4n) is 1.90. The molecule has 0 aliphatic carbocycles. The molecule has 3 N–H and O–H groups in total. The van der Waals surface area contributed by atoms with Crippen molar-refractivity contribution in [3.05, 3.63) is 18.3 Å². The van der Waals surface area contributed by atoms with E-state index in [1.165, 1.54) is 0 Å². The van der Waals surface area contributed by atoms with Crippen molar-refractivity contribution in [2.45, 2.75) is 6.42 Å². The summed E-state index contributed by atoms with van der Waals surface area (Å²) < 4.78 is 0. The normalized spacial score (nSPS) is 16.9. The number of pyridine rings is 1. The van der Waals surface area contributed by atoms with Gasteiger partial charge in [0.05, 0.1) is 6.54 Å². The molecular formula is C11H17N5O. The lowest BCUT2D eigenvalue weighted by Crippen LogP contribution is -2.34. The quantitative estimate of drug-likeness (QED) is 0.559. The van der Waals surface area contributed by atoms with Gasteiger partial charge in [0.1, 0.15) is 5.82 Å². The number of nitrogens with one attached hydrogen (secondary N) is 1. The number of hydrazine groups is 1. The second-order valence-corrected chi connectivity index (χ2v) is 4.13. The second-order valence-electron chi connectivity index (χ2n) is 4.13. The Morgan fingerprint density at radius 3 is 3.06 bits per heavy atom. The van der Waals surface area contributed by atoms with Crippen molar-refractivity contribution in [2.75, 3.05) is 37.0 Å². The molecule has 1 amide bonds. The third-order valence-corrected chi connectivity index (χ3v) is 2.93. The third-order valence-electron chi connectivity index (χ3n) is 2.93. The summed E-state index contributed by atoms with van der Waals surface area (Å²) in [5, 5.41) is 0. The first-order valence-corrected chi connectivity index (χ1v) is 5.62. The second kappa shape index (κ2) is 5.01. The average Bonchev–Trinajstić information content (AvgIpc) is 2.52. The summed E-state index contributed by atoms with van der Waals surface area (Å²) in [6.07, 6.45) is 2.65. The van der Waals surface area contributed by atoms with Gasteiger partial charge in [0.15, 0.2) is 0 Å². The Balaban J connectivity index is 2.17. The van der Waals surface area contributed by atoms with Gasteiger partial charge < -0.3 is 15.2 Å². The third kappa shape index (κ3) is 2.65.